The van der Waals surface area contributed by atoms with Crippen LogP contribution in [-0.2, 0) is 4.74 Å². The second kappa shape index (κ2) is 3.87. The largest absolute Gasteiger partial charge is 0.465 e. The molecule has 0 spiro atoms. The molecule has 0 bridgehead atoms. The van der Waals surface area contributed by atoms with Crippen LogP contribution in [0.4, 0.5) is 0 Å². The van der Waals surface area contributed by atoms with E-state index >= 15 is 0 Å². The van der Waals surface area contributed by atoms with Crippen molar-refractivity contribution in [1.82, 2.24) is 4.98 Å². The molecule has 2 rings (SSSR count). The molecule has 0 aliphatic rings. The van der Waals surface area contributed by atoms with Crippen LogP contribution < -0.4 is 0 Å². The molecule has 0 N–H and O–H groups in total. The number of fused-ring (bicyclic) bond motifs is 1. The number of hydrogen-bond acceptors (Lipinski definition) is 3. The summed E-state index contributed by atoms with van der Waals surface area (Å²) in [4.78, 5) is 15.4. The highest BCUT2D eigenvalue weighted by molar-refractivity contribution is 6.32. The van der Waals surface area contributed by atoms with E-state index in [0.29, 0.717) is 10.6 Å². The van der Waals surface area contributed by atoms with E-state index < -0.39 is 5.97 Å². The summed E-state index contributed by atoms with van der Waals surface area (Å²) in [6.45, 7) is 0. The fourth-order valence-electron chi connectivity index (χ4n) is 1.45. The molecule has 0 unspecified atom stereocenters. The molecule has 2 aromatic rings. The standard InChI is InChI=1S/C11H8ClNO2/c1-15-11(14)10-5-8(12)4-7-6-13-3-2-9(7)10/h2-6H,1H3. The molecule has 0 saturated heterocycles. The molecular formula is C11H8ClNO2. The average Bonchev–Trinajstić information content (AvgIpc) is 2.26. The van der Waals surface area contributed by atoms with E-state index in [4.69, 9.17) is 11.6 Å². The number of carbonyl (C=O) groups is 1. The third kappa shape index (κ3) is 1.78. The third-order valence-electron chi connectivity index (χ3n) is 2.12. The number of benzene rings is 1. The first-order valence-corrected chi connectivity index (χ1v) is 4.72. The molecule has 4 heteroatoms. The summed E-state index contributed by atoms with van der Waals surface area (Å²) in [7, 11) is 1.34. The van der Waals surface area contributed by atoms with E-state index in [1.54, 1.807) is 30.6 Å². The Morgan fingerprint density at radius 2 is 2.27 bits per heavy atom. The van der Waals surface area contributed by atoms with Crippen LogP contribution in [0, 0.1) is 0 Å². The number of halogens is 1. The zero-order valence-electron chi connectivity index (χ0n) is 8.03. The van der Waals surface area contributed by atoms with Crippen molar-refractivity contribution in [2.24, 2.45) is 0 Å². The van der Waals surface area contributed by atoms with Crippen LogP contribution in [-0.4, -0.2) is 18.1 Å². The van der Waals surface area contributed by atoms with Gasteiger partial charge < -0.3 is 4.74 Å². The van der Waals surface area contributed by atoms with E-state index in [1.165, 1.54) is 7.11 Å². The van der Waals surface area contributed by atoms with Gasteiger partial charge in [-0.1, -0.05) is 11.6 Å². The van der Waals surface area contributed by atoms with Crippen LogP contribution in [0.25, 0.3) is 10.8 Å². The van der Waals surface area contributed by atoms with E-state index in [2.05, 4.69) is 9.72 Å². The Hall–Kier alpha value is -1.61. The maximum absolute atomic E-state index is 11.5. The lowest BCUT2D eigenvalue weighted by atomic mass is 10.1. The lowest BCUT2D eigenvalue weighted by molar-refractivity contribution is 0.0603. The summed E-state index contributed by atoms with van der Waals surface area (Å²) in [5.41, 5.74) is 0.461. The van der Waals surface area contributed by atoms with Gasteiger partial charge in [0, 0.05) is 22.8 Å². The second-order valence-corrected chi connectivity index (χ2v) is 3.48. The first-order chi connectivity index (χ1) is 7.22. The monoisotopic (exact) mass is 221 g/mol. The van der Waals surface area contributed by atoms with Crippen molar-refractivity contribution < 1.29 is 9.53 Å². The zero-order valence-corrected chi connectivity index (χ0v) is 8.78. The van der Waals surface area contributed by atoms with Gasteiger partial charge in [-0.25, -0.2) is 4.79 Å². The van der Waals surface area contributed by atoms with Crippen LogP contribution in [0.3, 0.4) is 0 Å². The van der Waals surface area contributed by atoms with Crippen LogP contribution in [0.1, 0.15) is 10.4 Å². The van der Waals surface area contributed by atoms with Gasteiger partial charge in [0.25, 0.3) is 0 Å². The summed E-state index contributed by atoms with van der Waals surface area (Å²) >= 11 is 5.89. The molecule has 0 atom stereocenters. The molecular weight excluding hydrogens is 214 g/mol. The number of nitrogens with zero attached hydrogens (tertiary/aromatic N) is 1. The molecule has 3 nitrogen and oxygen atoms in total. The van der Waals surface area contributed by atoms with Crippen molar-refractivity contribution in [2.75, 3.05) is 7.11 Å². The lowest BCUT2D eigenvalue weighted by Crippen LogP contribution is -2.02. The fourth-order valence-corrected chi connectivity index (χ4v) is 1.68. The Morgan fingerprint density at radius 3 is 3.00 bits per heavy atom. The predicted octanol–water partition coefficient (Wildman–Crippen LogP) is 2.67. The highest BCUT2D eigenvalue weighted by Gasteiger charge is 2.11. The van der Waals surface area contributed by atoms with Gasteiger partial charge in [0.15, 0.2) is 0 Å². The third-order valence-corrected chi connectivity index (χ3v) is 2.34. The van der Waals surface area contributed by atoms with Gasteiger partial charge in [-0.2, -0.15) is 0 Å². The Kier molecular flexibility index (Phi) is 2.56. The smallest absolute Gasteiger partial charge is 0.338 e. The van der Waals surface area contributed by atoms with Crippen molar-refractivity contribution in [3.05, 3.63) is 41.2 Å². The first kappa shape index (κ1) is 9.93. The van der Waals surface area contributed by atoms with Crippen LogP contribution in [0.15, 0.2) is 30.6 Å². The van der Waals surface area contributed by atoms with Crippen molar-refractivity contribution >= 4 is 28.3 Å². The van der Waals surface area contributed by atoms with E-state index in [-0.39, 0.29) is 0 Å². The quantitative estimate of drug-likeness (QED) is 0.695. The minimum Gasteiger partial charge on any atom is -0.465 e. The Labute approximate surface area is 91.6 Å². The summed E-state index contributed by atoms with van der Waals surface area (Å²) in [5, 5.41) is 2.11. The molecule has 76 valence electrons. The molecule has 0 saturated carbocycles. The van der Waals surface area contributed by atoms with E-state index in [9.17, 15) is 4.79 Å². The van der Waals surface area contributed by atoms with E-state index in [0.717, 1.165) is 10.8 Å². The number of aromatic nitrogens is 1. The molecule has 15 heavy (non-hydrogen) atoms. The van der Waals surface area contributed by atoms with Crippen LogP contribution in [0.2, 0.25) is 5.02 Å². The first-order valence-electron chi connectivity index (χ1n) is 4.34. The number of rotatable bonds is 1. The average molecular weight is 222 g/mol. The Bertz CT molecular complexity index is 525. The SMILES string of the molecule is COC(=O)c1cc(Cl)cc2cnccc12. The summed E-state index contributed by atoms with van der Waals surface area (Å²) in [6.07, 6.45) is 3.29. The molecule has 1 heterocycles. The van der Waals surface area contributed by atoms with Gasteiger partial charge in [0.05, 0.1) is 12.7 Å². The molecule has 1 aromatic heterocycles. The van der Waals surface area contributed by atoms with Gasteiger partial charge in [0.1, 0.15) is 0 Å². The van der Waals surface area contributed by atoms with Gasteiger partial charge in [-0.15, -0.1) is 0 Å². The number of methoxy groups -OCH3 is 1. The predicted molar refractivity (Wildman–Crippen MR) is 58.1 cm³/mol. The summed E-state index contributed by atoms with van der Waals surface area (Å²) < 4.78 is 4.68. The summed E-state index contributed by atoms with van der Waals surface area (Å²) in [6, 6.07) is 5.12. The second-order valence-electron chi connectivity index (χ2n) is 3.04. The van der Waals surface area contributed by atoms with E-state index in [1.807, 2.05) is 0 Å². The maximum Gasteiger partial charge on any atom is 0.338 e. The number of pyridine rings is 1. The highest BCUT2D eigenvalue weighted by atomic mass is 35.5. The van der Waals surface area contributed by atoms with Crippen molar-refractivity contribution in [1.29, 1.82) is 0 Å². The normalized spacial score (nSPS) is 10.3. The molecule has 0 aliphatic heterocycles. The topological polar surface area (TPSA) is 39.2 Å². The number of hydrogen-bond donors (Lipinski definition) is 0. The van der Waals surface area contributed by atoms with Gasteiger partial charge in [-0.05, 0) is 23.6 Å². The minimum absolute atomic E-state index is 0.395. The number of esters is 1. The van der Waals surface area contributed by atoms with Gasteiger partial charge in [-0.3, -0.25) is 4.98 Å². The lowest BCUT2D eigenvalue weighted by Gasteiger charge is -2.04. The van der Waals surface area contributed by atoms with Crippen LogP contribution >= 0.6 is 11.6 Å². The molecule has 0 amide bonds. The Morgan fingerprint density at radius 1 is 1.47 bits per heavy atom. The van der Waals surface area contributed by atoms with Gasteiger partial charge in [0.2, 0.25) is 0 Å². The molecule has 1 aromatic carbocycles. The number of ether oxygens (including phenoxy) is 1. The highest BCUT2D eigenvalue weighted by Crippen LogP contribution is 2.23. The van der Waals surface area contributed by atoms with Crippen molar-refractivity contribution in [3.8, 4) is 0 Å². The van der Waals surface area contributed by atoms with Crippen molar-refractivity contribution in [2.45, 2.75) is 0 Å². The van der Waals surface area contributed by atoms with Crippen LogP contribution in [0.5, 0.6) is 0 Å². The molecule has 0 fully saturated rings. The molecule has 0 radical (unpaired) electrons. The minimum atomic E-state index is -0.395. The van der Waals surface area contributed by atoms with Gasteiger partial charge >= 0.3 is 5.97 Å². The Balaban J connectivity index is 2.76. The molecule has 0 aliphatic carbocycles. The maximum atomic E-state index is 11.5. The zero-order chi connectivity index (χ0) is 10.8. The summed E-state index contributed by atoms with van der Waals surface area (Å²) in [5.74, 6) is -0.395. The fraction of sp³-hybridized carbons (Fsp3) is 0.0909. The number of carbonyl (C=O) groups excluding carboxylic acids is 1. The van der Waals surface area contributed by atoms with Crippen molar-refractivity contribution in [3.63, 3.8) is 0 Å².